The zero-order chi connectivity index (χ0) is 16.9. The summed E-state index contributed by atoms with van der Waals surface area (Å²) in [4.78, 5) is 12.0. The molecule has 1 aromatic rings. The van der Waals surface area contributed by atoms with Crippen LogP contribution in [0, 0.1) is 0 Å². The molecule has 0 bridgehead atoms. The van der Waals surface area contributed by atoms with Crippen molar-refractivity contribution in [1.29, 1.82) is 0 Å². The second-order valence-electron chi connectivity index (χ2n) is 5.42. The van der Waals surface area contributed by atoms with Crippen LogP contribution in [0.3, 0.4) is 0 Å². The molecule has 0 aromatic heterocycles. The first-order chi connectivity index (χ1) is 10.9. The number of carbonyl (C=O) groups is 1. The first-order valence-corrected chi connectivity index (χ1v) is 10.6. The molecule has 1 amide bonds. The molecule has 1 fully saturated rings. The number of hydrogen-bond acceptors (Lipinski definition) is 5. The summed E-state index contributed by atoms with van der Waals surface area (Å²) in [6.45, 7) is 2.30. The SMILES string of the molecule is C[C@H](SCCOc1ccc(Cl)cc1)C(=O)N[C@H]1CCS(=O)(=O)C1. The highest BCUT2D eigenvalue weighted by atomic mass is 35.5. The third kappa shape index (κ3) is 6.24. The number of carbonyl (C=O) groups excluding carboxylic acids is 1. The number of thioether (sulfide) groups is 1. The predicted octanol–water partition coefficient (Wildman–Crippen LogP) is 2.14. The topological polar surface area (TPSA) is 72.5 Å². The van der Waals surface area contributed by atoms with Crippen molar-refractivity contribution >= 4 is 39.1 Å². The standard InChI is InChI=1S/C15H20ClNO4S2/c1-11(15(18)17-13-6-9-23(19,20)10-13)22-8-7-21-14-4-2-12(16)3-5-14/h2-5,11,13H,6-10H2,1H3,(H,17,18)/t11-,13-/m0/s1. The molecule has 1 aliphatic heterocycles. The van der Waals surface area contributed by atoms with Crippen molar-refractivity contribution in [1.82, 2.24) is 5.32 Å². The minimum atomic E-state index is -2.97. The quantitative estimate of drug-likeness (QED) is 0.737. The summed E-state index contributed by atoms with van der Waals surface area (Å²) in [6, 6.07) is 6.86. The molecular weight excluding hydrogens is 358 g/mol. The van der Waals surface area contributed by atoms with Crippen LogP contribution in [0.2, 0.25) is 5.02 Å². The number of benzene rings is 1. The molecular formula is C15H20ClNO4S2. The molecule has 128 valence electrons. The molecule has 1 saturated heterocycles. The van der Waals surface area contributed by atoms with Gasteiger partial charge in [-0.05, 0) is 37.6 Å². The molecule has 23 heavy (non-hydrogen) atoms. The van der Waals surface area contributed by atoms with Crippen LogP contribution in [0.15, 0.2) is 24.3 Å². The molecule has 2 rings (SSSR count). The van der Waals surface area contributed by atoms with Crippen LogP contribution in [-0.2, 0) is 14.6 Å². The number of amides is 1. The van der Waals surface area contributed by atoms with Crippen LogP contribution in [0.1, 0.15) is 13.3 Å². The highest BCUT2D eigenvalue weighted by molar-refractivity contribution is 8.00. The van der Waals surface area contributed by atoms with Crippen LogP contribution >= 0.6 is 23.4 Å². The minimum absolute atomic E-state index is 0.0514. The van der Waals surface area contributed by atoms with Gasteiger partial charge < -0.3 is 10.1 Å². The Morgan fingerprint density at radius 3 is 2.74 bits per heavy atom. The van der Waals surface area contributed by atoms with E-state index in [1.165, 1.54) is 11.8 Å². The number of hydrogen-bond donors (Lipinski definition) is 1. The largest absolute Gasteiger partial charge is 0.493 e. The highest BCUT2D eigenvalue weighted by Gasteiger charge is 2.29. The zero-order valence-electron chi connectivity index (χ0n) is 12.8. The van der Waals surface area contributed by atoms with Crippen LogP contribution in [0.5, 0.6) is 5.75 Å². The van der Waals surface area contributed by atoms with Gasteiger partial charge in [0.25, 0.3) is 0 Å². The Morgan fingerprint density at radius 1 is 1.43 bits per heavy atom. The van der Waals surface area contributed by atoms with Crippen molar-refractivity contribution < 1.29 is 17.9 Å². The maximum atomic E-state index is 12.0. The summed E-state index contributed by atoms with van der Waals surface area (Å²) in [5.74, 6) is 1.50. The summed E-state index contributed by atoms with van der Waals surface area (Å²) in [5.41, 5.74) is 0. The van der Waals surface area contributed by atoms with Gasteiger partial charge in [-0.1, -0.05) is 11.6 Å². The molecule has 0 unspecified atom stereocenters. The smallest absolute Gasteiger partial charge is 0.233 e. The Labute approximate surface area is 146 Å². The third-order valence-corrected chi connectivity index (χ3v) is 6.62. The lowest BCUT2D eigenvalue weighted by atomic mass is 10.2. The fraction of sp³-hybridized carbons (Fsp3) is 0.533. The molecule has 0 spiro atoms. The highest BCUT2D eigenvalue weighted by Crippen LogP contribution is 2.17. The monoisotopic (exact) mass is 377 g/mol. The van der Waals surface area contributed by atoms with Crippen molar-refractivity contribution in [2.24, 2.45) is 0 Å². The molecule has 0 aliphatic carbocycles. The first-order valence-electron chi connectivity index (χ1n) is 7.36. The Morgan fingerprint density at radius 2 is 2.13 bits per heavy atom. The molecule has 1 heterocycles. The van der Waals surface area contributed by atoms with Gasteiger partial charge in [0.2, 0.25) is 5.91 Å². The molecule has 0 radical (unpaired) electrons. The number of ether oxygens (including phenoxy) is 1. The average Bonchev–Trinajstić information content (AvgIpc) is 2.84. The van der Waals surface area contributed by atoms with E-state index in [0.717, 1.165) is 5.75 Å². The number of sulfone groups is 1. The second kappa shape index (κ2) is 8.26. The maximum absolute atomic E-state index is 12.0. The van der Waals surface area contributed by atoms with Gasteiger partial charge >= 0.3 is 0 Å². The van der Waals surface area contributed by atoms with E-state index in [0.29, 0.717) is 23.8 Å². The predicted molar refractivity (Wildman–Crippen MR) is 94.1 cm³/mol. The summed E-state index contributed by atoms with van der Waals surface area (Å²) in [6.07, 6.45) is 0.505. The summed E-state index contributed by atoms with van der Waals surface area (Å²) in [5, 5.41) is 3.22. The van der Waals surface area contributed by atoms with E-state index in [1.807, 2.05) is 6.92 Å². The lowest BCUT2D eigenvalue weighted by molar-refractivity contribution is -0.120. The van der Waals surface area contributed by atoms with E-state index >= 15 is 0 Å². The van der Waals surface area contributed by atoms with E-state index < -0.39 is 9.84 Å². The number of rotatable bonds is 7. The van der Waals surface area contributed by atoms with Gasteiger partial charge in [0, 0.05) is 16.8 Å². The normalized spacial score (nSPS) is 20.9. The molecule has 8 heteroatoms. The maximum Gasteiger partial charge on any atom is 0.233 e. The van der Waals surface area contributed by atoms with Gasteiger partial charge in [0.05, 0.1) is 23.4 Å². The van der Waals surface area contributed by atoms with E-state index in [-0.39, 0.29) is 28.7 Å². The van der Waals surface area contributed by atoms with E-state index in [4.69, 9.17) is 16.3 Å². The van der Waals surface area contributed by atoms with Gasteiger partial charge in [0.15, 0.2) is 9.84 Å². The van der Waals surface area contributed by atoms with Crippen molar-refractivity contribution in [2.75, 3.05) is 23.9 Å². The van der Waals surface area contributed by atoms with Crippen LogP contribution in [0.25, 0.3) is 0 Å². The van der Waals surface area contributed by atoms with Crippen molar-refractivity contribution in [3.05, 3.63) is 29.3 Å². The van der Waals surface area contributed by atoms with Crippen LogP contribution < -0.4 is 10.1 Å². The van der Waals surface area contributed by atoms with E-state index in [2.05, 4.69) is 5.32 Å². The van der Waals surface area contributed by atoms with Crippen molar-refractivity contribution in [3.63, 3.8) is 0 Å². The molecule has 0 saturated carbocycles. The minimum Gasteiger partial charge on any atom is -0.493 e. The summed E-state index contributed by atoms with van der Waals surface area (Å²) in [7, 11) is -2.97. The summed E-state index contributed by atoms with van der Waals surface area (Å²) < 4.78 is 28.3. The molecule has 1 aliphatic rings. The van der Waals surface area contributed by atoms with Gasteiger partial charge in [0.1, 0.15) is 5.75 Å². The van der Waals surface area contributed by atoms with Crippen LogP contribution in [-0.4, -0.2) is 49.5 Å². The van der Waals surface area contributed by atoms with Crippen molar-refractivity contribution in [2.45, 2.75) is 24.6 Å². The second-order valence-corrected chi connectivity index (χ2v) is 9.54. The third-order valence-electron chi connectivity index (χ3n) is 3.48. The molecule has 2 atom stereocenters. The molecule has 1 N–H and O–H groups in total. The van der Waals surface area contributed by atoms with Gasteiger partial charge in [-0.2, -0.15) is 0 Å². The fourth-order valence-electron chi connectivity index (χ4n) is 2.22. The lowest BCUT2D eigenvalue weighted by Crippen LogP contribution is -2.40. The van der Waals surface area contributed by atoms with Crippen molar-refractivity contribution in [3.8, 4) is 5.75 Å². The number of halogens is 1. The number of nitrogens with one attached hydrogen (secondary N) is 1. The lowest BCUT2D eigenvalue weighted by Gasteiger charge is -2.15. The average molecular weight is 378 g/mol. The zero-order valence-corrected chi connectivity index (χ0v) is 15.2. The van der Waals surface area contributed by atoms with Gasteiger partial charge in [-0.25, -0.2) is 8.42 Å². The molecule has 5 nitrogen and oxygen atoms in total. The van der Waals surface area contributed by atoms with Gasteiger partial charge in [-0.3, -0.25) is 4.79 Å². The van der Waals surface area contributed by atoms with E-state index in [9.17, 15) is 13.2 Å². The summed E-state index contributed by atoms with van der Waals surface area (Å²) >= 11 is 7.27. The first kappa shape index (κ1) is 18.4. The fourth-order valence-corrected chi connectivity index (χ4v) is 4.77. The molecule has 1 aromatic carbocycles. The Balaban J connectivity index is 1.65. The van der Waals surface area contributed by atoms with Crippen LogP contribution in [0.4, 0.5) is 0 Å². The Bertz CT molecular complexity index is 633. The Hall–Kier alpha value is -0.920. The Kier molecular flexibility index (Phi) is 6.61. The van der Waals surface area contributed by atoms with E-state index in [1.54, 1.807) is 24.3 Å². The van der Waals surface area contributed by atoms with Gasteiger partial charge in [-0.15, -0.1) is 11.8 Å².